The number of methoxy groups -OCH3 is 2. The fourth-order valence-electron chi connectivity index (χ4n) is 3.02. The van der Waals surface area contributed by atoms with E-state index < -0.39 is 16.8 Å². The van der Waals surface area contributed by atoms with Crippen LogP contribution in [0.15, 0.2) is 64.6 Å². The molecule has 12 heteroatoms. The van der Waals surface area contributed by atoms with Crippen LogP contribution in [0.3, 0.4) is 0 Å². The summed E-state index contributed by atoms with van der Waals surface area (Å²) in [5.74, 6) is -0.332. The van der Waals surface area contributed by atoms with E-state index in [1.165, 1.54) is 44.6 Å². The van der Waals surface area contributed by atoms with Crippen LogP contribution in [0.5, 0.6) is 17.2 Å². The molecule has 0 aromatic heterocycles. The van der Waals surface area contributed by atoms with Gasteiger partial charge in [0.05, 0.1) is 34.0 Å². The summed E-state index contributed by atoms with van der Waals surface area (Å²) >= 11 is 5.13. The smallest absolute Gasteiger partial charge is 0.343 e. The highest BCUT2D eigenvalue weighted by Crippen LogP contribution is 2.35. The van der Waals surface area contributed by atoms with Crippen molar-refractivity contribution in [1.29, 1.82) is 5.26 Å². The number of ether oxygens (including phenoxy) is 3. The zero-order valence-electron chi connectivity index (χ0n) is 19.3. The van der Waals surface area contributed by atoms with Crippen LogP contribution in [0, 0.1) is 25.0 Å². The van der Waals surface area contributed by atoms with Crippen molar-refractivity contribution in [3.63, 3.8) is 0 Å². The summed E-state index contributed by atoms with van der Waals surface area (Å²) in [4.78, 5) is 35.7. The molecule has 0 aliphatic rings. The molecule has 0 saturated carbocycles. The Morgan fingerprint density at radius 2 is 1.81 bits per heavy atom. The number of nitro benzene ring substituents is 1. The van der Waals surface area contributed by atoms with Crippen molar-refractivity contribution >= 4 is 67.8 Å². The van der Waals surface area contributed by atoms with Crippen molar-refractivity contribution < 1.29 is 28.7 Å². The summed E-state index contributed by atoms with van der Waals surface area (Å²) in [6, 6.07) is 15.2. The number of rotatable bonds is 8. The molecule has 3 aromatic rings. The first-order valence-corrected chi connectivity index (χ1v) is 12.1. The van der Waals surface area contributed by atoms with E-state index >= 15 is 0 Å². The average Bonchev–Trinajstić information content (AvgIpc) is 2.89. The first kappa shape index (κ1) is 27.6. The lowest BCUT2D eigenvalue weighted by Crippen LogP contribution is -2.14. The minimum absolute atomic E-state index is 0.157. The molecule has 37 heavy (non-hydrogen) atoms. The summed E-state index contributed by atoms with van der Waals surface area (Å²) in [6.45, 7) is 0. The molecule has 0 aliphatic carbocycles. The van der Waals surface area contributed by atoms with Crippen molar-refractivity contribution in [1.82, 2.24) is 0 Å². The Labute approximate surface area is 233 Å². The minimum Gasteiger partial charge on any atom is -0.497 e. The number of amides is 1. The van der Waals surface area contributed by atoms with Crippen LogP contribution in [0.4, 0.5) is 11.4 Å². The van der Waals surface area contributed by atoms with Crippen molar-refractivity contribution in [2.45, 2.75) is 0 Å². The Bertz CT molecular complexity index is 1450. The predicted molar refractivity (Wildman–Crippen MR) is 147 cm³/mol. The Hall–Kier alpha value is -3.96. The van der Waals surface area contributed by atoms with E-state index in [1.807, 2.05) is 28.7 Å². The maximum atomic E-state index is 12.7. The zero-order valence-corrected chi connectivity index (χ0v) is 23.0. The lowest BCUT2D eigenvalue weighted by atomic mass is 10.1. The van der Waals surface area contributed by atoms with E-state index in [2.05, 4.69) is 21.2 Å². The Morgan fingerprint density at radius 1 is 1.11 bits per heavy atom. The summed E-state index contributed by atoms with van der Waals surface area (Å²) < 4.78 is 16.8. The van der Waals surface area contributed by atoms with Crippen LogP contribution in [0.2, 0.25) is 0 Å². The van der Waals surface area contributed by atoms with Gasteiger partial charge in [0.1, 0.15) is 17.4 Å². The van der Waals surface area contributed by atoms with Crippen molar-refractivity contribution in [2.24, 2.45) is 0 Å². The summed E-state index contributed by atoms with van der Waals surface area (Å²) in [7, 11) is 2.92. The number of anilines is 1. The Morgan fingerprint density at radius 3 is 2.38 bits per heavy atom. The third-order valence-corrected chi connectivity index (χ3v) is 6.32. The number of nitriles is 1. The Balaban J connectivity index is 1.84. The quantitative estimate of drug-likeness (QED) is 0.0605. The molecule has 0 unspecified atom stereocenters. The van der Waals surface area contributed by atoms with Gasteiger partial charge in [-0.3, -0.25) is 14.9 Å². The van der Waals surface area contributed by atoms with Gasteiger partial charge < -0.3 is 19.5 Å². The normalized spacial score (nSPS) is 10.7. The lowest BCUT2D eigenvalue weighted by molar-refractivity contribution is -0.384. The number of benzene rings is 3. The van der Waals surface area contributed by atoms with Gasteiger partial charge in [-0.2, -0.15) is 5.26 Å². The number of esters is 1. The molecular formula is C25H17BrIN3O7. The highest BCUT2D eigenvalue weighted by atomic mass is 127. The molecule has 0 spiro atoms. The number of hydrogen-bond acceptors (Lipinski definition) is 8. The largest absolute Gasteiger partial charge is 0.497 e. The van der Waals surface area contributed by atoms with Gasteiger partial charge in [-0.15, -0.1) is 0 Å². The van der Waals surface area contributed by atoms with Crippen molar-refractivity contribution in [3.05, 3.63) is 89.5 Å². The number of nitrogens with one attached hydrogen (secondary N) is 1. The summed E-state index contributed by atoms with van der Waals surface area (Å²) in [5, 5.41) is 23.0. The van der Waals surface area contributed by atoms with E-state index in [4.69, 9.17) is 14.2 Å². The molecule has 188 valence electrons. The standard InChI is InChI=1S/C25H17BrIN3O7/c1-35-18-6-3-15(4-7-18)25(32)37-23-20(27)10-14(11-22(23)36-2)9-16(13-28)24(31)29-21-8-5-17(30(33)34)12-19(21)26/h3-12H,1-2H3,(H,29,31)/b16-9-. The third-order valence-electron chi connectivity index (χ3n) is 4.86. The van der Waals surface area contributed by atoms with E-state index in [9.17, 15) is 25.0 Å². The summed E-state index contributed by atoms with van der Waals surface area (Å²) in [5.41, 5.74) is 0.620. The van der Waals surface area contributed by atoms with Gasteiger partial charge >= 0.3 is 5.97 Å². The number of carbonyl (C=O) groups is 2. The SMILES string of the molecule is COc1ccc(C(=O)Oc2c(I)cc(/C=C(/C#N)C(=O)Nc3ccc([N+](=O)[O-])cc3Br)cc2OC)cc1. The van der Waals surface area contributed by atoms with Crippen LogP contribution in [0.25, 0.3) is 6.08 Å². The molecule has 3 aromatic carbocycles. The lowest BCUT2D eigenvalue weighted by Gasteiger charge is -2.13. The second-order valence-corrected chi connectivity index (χ2v) is 9.21. The van der Waals surface area contributed by atoms with Crippen LogP contribution in [-0.4, -0.2) is 31.0 Å². The van der Waals surface area contributed by atoms with Gasteiger partial charge in [-0.05, 0) is 92.6 Å². The van der Waals surface area contributed by atoms with E-state index in [0.29, 0.717) is 20.4 Å². The fraction of sp³-hybridized carbons (Fsp3) is 0.0800. The van der Waals surface area contributed by atoms with E-state index in [1.54, 1.807) is 30.3 Å². The molecule has 10 nitrogen and oxygen atoms in total. The topological polar surface area (TPSA) is 141 Å². The van der Waals surface area contributed by atoms with E-state index in [0.717, 1.165) is 0 Å². The molecule has 0 heterocycles. The van der Waals surface area contributed by atoms with Gasteiger partial charge in [-0.1, -0.05) is 0 Å². The van der Waals surface area contributed by atoms with Gasteiger partial charge in [0.2, 0.25) is 0 Å². The van der Waals surface area contributed by atoms with Crippen LogP contribution in [-0.2, 0) is 4.79 Å². The molecule has 0 atom stereocenters. The predicted octanol–water partition coefficient (Wildman–Crippen LogP) is 5.74. The number of nitro groups is 1. The van der Waals surface area contributed by atoms with Crippen LogP contribution >= 0.6 is 38.5 Å². The number of non-ortho nitro benzene ring substituents is 1. The van der Waals surface area contributed by atoms with Crippen LogP contribution < -0.4 is 19.5 Å². The molecule has 0 saturated heterocycles. The van der Waals surface area contributed by atoms with Gasteiger partial charge in [0, 0.05) is 16.6 Å². The van der Waals surface area contributed by atoms with Crippen LogP contribution in [0.1, 0.15) is 15.9 Å². The zero-order chi connectivity index (χ0) is 27.1. The second-order valence-electron chi connectivity index (χ2n) is 7.20. The molecule has 3 rings (SSSR count). The number of halogens is 2. The molecular weight excluding hydrogens is 661 g/mol. The van der Waals surface area contributed by atoms with Gasteiger partial charge in [0.25, 0.3) is 11.6 Å². The average molecular weight is 678 g/mol. The first-order chi connectivity index (χ1) is 17.7. The second kappa shape index (κ2) is 12.3. The maximum absolute atomic E-state index is 12.7. The summed E-state index contributed by atoms with van der Waals surface area (Å²) in [6.07, 6.45) is 1.34. The van der Waals surface area contributed by atoms with E-state index in [-0.39, 0.29) is 32.9 Å². The highest BCUT2D eigenvalue weighted by Gasteiger charge is 2.19. The number of hydrogen-bond donors (Lipinski definition) is 1. The molecule has 1 N–H and O–H groups in total. The Kier molecular flexibility index (Phi) is 9.20. The third kappa shape index (κ3) is 6.83. The van der Waals surface area contributed by atoms with Crippen molar-refractivity contribution in [2.75, 3.05) is 19.5 Å². The van der Waals surface area contributed by atoms with Gasteiger partial charge in [-0.25, -0.2) is 4.79 Å². The number of carbonyl (C=O) groups excluding carboxylic acids is 2. The fourth-order valence-corrected chi connectivity index (χ4v) is 4.23. The molecule has 0 bridgehead atoms. The molecule has 0 fully saturated rings. The minimum atomic E-state index is -0.721. The highest BCUT2D eigenvalue weighted by molar-refractivity contribution is 14.1. The maximum Gasteiger partial charge on any atom is 0.343 e. The van der Waals surface area contributed by atoms with Crippen molar-refractivity contribution in [3.8, 4) is 23.3 Å². The first-order valence-electron chi connectivity index (χ1n) is 10.3. The number of nitrogens with zero attached hydrogens (tertiary/aromatic N) is 2. The molecule has 0 radical (unpaired) electrons. The molecule has 1 amide bonds. The molecule has 0 aliphatic heterocycles. The monoisotopic (exact) mass is 677 g/mol. The van der Waals surface area contributed by atoms with Gasteiger partial charge in [0.15, 0.2) is 11.5 Å².